The summed E-state index contributed by atoms with van der Waals surface area (Å²) in [5.74, 6) is 0.953. The number of nitrogens with zero attached hydrogens (tertiary/aromatic N) is 3. The Bertz CT molecular complexity index is 1240. The van der Waals surface area contributed by atoms with E-state index in [0.29, 0.717) is 30.0 Å². The molecule has 0 bridgehead atoms. The summed E-state index contributed by atoms with van der Waals surface area (Å²) in [5, 5.41) is 7.35. The molecule has 8 heteroatoms. The van der Waals surface area contributed by atoms with E-state index in [1.807, 2.05) is 37.5 Å². The van der Waals surface area contributed by atoms with Gasteiger partial charge in [-0.05, 0) is 36.2 Å². The Hall–Kier alpha value is -3.81. The Balaban J connectivity index is 1.47. The first-order valence-electron chi connectivity index (χ1n) is 10.2. The van der Waals surface area contributed by atoms with Crippen LogP contribution in [0.5, 0.6) is 11.5 Å². The van der Waals surface area contributed by atoms with Crippen LogP contribution in [0.2, 0.25) is 0 Å². The van der Waals surface area contributed by atoms with Crippen molar-refractivity contribution in [3.05, 3.63) is 71.5 Å². The van der Waals surface area contributed by atoms with Gasteiger partial charge in [0.15, 0.2) is 11.5 Å². The van der Waals surface area contributed by atoms with Crippen LogP contribution in [0.4, 0.5) is 5.69 Å². The summed E-state index contributed by atoms with van der Waals surface area (Å²) in [7, 11) is 1.83. The number of para-hydroxylation sites is 1. The van der Waals surface area contributed by atoms with Gasteiger partial charge in [-0.3, -0.25) is 14.3 Å². The Morgan fingerprint density at radius 3 is 2.87 bits per heavy atom. The standard InChI is InChI=1S/C23H20N4O4/c1-26-12-15(11-24-26)20-23(16-4-2-3-5-17(16)25-22(23)29)8-9-27(20)21(28)14-6-7-18-19(10-14)31-13-30-18/h2-7,10-12,20H,8-9,13H2,1H3,(H,25,29)/t20-,23+/m0/s1. The molecule has 1 N–H and O–H groups in total. The van der Waals surface area contributed by atoms with Gasteiger partial charge in [0.1, 0.15) is 5.41 Å². The van der Waals surface area contributed by atoms with Crippen LogP contribution in [0, 0.1) is 0 Å². The number of anilines is 1. The molecule has 2 aromatic carbocycles. The predicted molar refractivity (Wildman–Crippen MR) is 111 cm³/mol. The second-order valence-electron chi connectivity index (χ2n) is 8.14. The molecule has 8 nitrogen and oxygen atoms in total. The number of carbonyl (C=O) groups is 2. The van der Waals surface area contributed by atoms with Crippen LogP contribution < -0.4 is 14.8 Å². The summed E-state index contributed by atoms with van der Waals surface area (Å²) >= 11 is 0. The molecule has 4 heterocycles. The number of nitrogens with one attached hydrogen (secondary N) is 1. The number of amides is 2. The van der Waals surface area contributed by atoms with Gasteiger partial charge < -0.3 is 19.7 Å². The molecule has 3 aliphatic rings. The number of hydrogen-bond donors (Lipinski definition) is 1. The Morgan fingerprint density at radius 2 is 2.03 bits per heavy atom. The Kier molecular flexibility index (Phi) is 3.68. The highest BCUT2D eigenvalue weighted by atomic mass is 16.7. The average Bonchev–Trinajstić information content (AvgIpc) is 3.54. The molecule has 156 valence electrons. The lowest BCUT2D eigenvalue weighted by molar-refractivity contribution is -0.121. The van der Waals surface area contributed by atoms with Crippen molar-refractivity contribution in [2.75, 3.05) is 18.7 Å². The predicted octanol–water partition coefficient (Wildman–Crippen LogP) is 2.63. The number of hydrogen-bond acceptors (Lipinski definition) is 5. The quantitative estimate of drug-likeness (QED) is 0.694. The molecule has 6 rings (SSSR count). The zero-order valence-electron chi connectivity index (χ0n) is 16.9. The minimum Gasteiger partial charge on any atom is -0.454 e. The number of carbonyl (C=O) groups excluding carboxylic acids is 2. The normalized spacial score (nSPS) is 23.3. The van der Waals surface area contributed by atoms with E-state index in [1.165, 1.54) is 0 Å². The van der Waals surface area contributed by atoms with Gasteiger partial charge in [0.25, 0.3) is 5.91 Å². The Labute approximate surface area is 178 Å². The maximum Gasteiger partial charge on any atom is 0.254 e. The number of aromatic nitrogens is 2. The molecular weight excluding hydrogens is 396 g/mol. The van der Waals surface area contributed by atoms with Gasteiger partial charge in [-0.2, -0.15) is 5.10 Å². The van der Waals surface area contributed by atoms with Crippen LogP contribution in [-0.4, -0.2) is 39.8 Å². The van der Waals surface area contributed by atoms with Crippen LogP contribution in [0.15, 0.2) is 54.9 Å². The molecule has 1 fully saturated rings. The lowest BCUT2D eigenvalue weighted by Crippen LogP contribution is -2.42. The van der Waals surface area contributed by atoms with Crippen LogP contribution in [0.3, 0.4) is 0 Å². The molecule has 0 saturated carbocycles. The van der Waals surface area contributed by atoms with E-state index in [4.69, 9.17) is 9.47 Å². The number of benzene rings is 2. The molecule has 0 radical (unpaired) electrons. The smallest absolute Gasteiger partial charge is 0.254 e. The third-order valence-electron chi connectivity index (χ3n) is 6.51. The number of rotatable bonds is 2. The first-order valence-corrected chi connectivity index (χ1v) is 10.2. The highest BCUT2D eigenvalue weighted by molar-refractivity contribution is 6.08. The number of fused-ring (bicyclic) bond motifs is 3. The molecule has 2 amide bonds. The third kappa shape index (κ3) is 2.44. The topological polar surface area (TPSA) is 85.7 Å². The van der Waals surface area contributed by atoms with Gasteiger partial charge >= 0.3 is 0 Å². The molecule has 3 aliphatic heterocycles. The summed E-state index contributed by atoms with van der Waals surface area (Å²) in [6.07, 6.45) is 4.16. The van der Waals surface area contributed by atoms with Gasteiger partial charge in [0.2, 0.25) is 12.7 Å². The molecule has 3 aromatic rings. The van der Waals surface area contributed by atoms with Gasteiger partial charge in [-0.25, -0.2) is 0 Å². The van der Waals surface area contributed by atoms with Crippen LogP contribution in [0.1, 0.15) is 33.9 Å². The van der Waals surface area contributed by atoms with Gasteiger partial charge in [-0.1, -0.05) is 18.2 Å². The lowest BCUT2D eigenvalue weighted by Gasteiger charge is -2.33. The van der Waals surface area contributed by atoms with Crippen molar-refractivity contribution in [1.29, 1.82) is 0 Å². The van der Waals surface area contributed by atoms with Crippen molar-refractivity contribution < 1.29 is 19.1 Å². The second-order valence-corrected chi connectivity index (χ2v) is 8.14. The average molecular weight is 416 g/mol. The zero-order chi connectivity index (χ0) is 21.2. The van der Waals surface area contributed by atoms with E-state index >= 15 is 0 Å². The molecule has 1 saturated heterocycles. The zero-order valence-corrected chi connectivity index (χ0v) is 16.9. The highest BCUT2D eigenvalue weighted by Gasteiger charge is 2.59. The van der Waals surface area contributed by atoms with E-state index in [2.05, 4.69) is 10.4 Å². The molecule has 31 heavy (non-hydrogen) atoms. The van der Waals surface area contributed by atoms with E-state index in [0.717, 1.165) is 16.8 Å². The summed E-state index contributed by atoms with van der Waals surface area (Å²) in [5.41, 5.74) is 2.21. The van der Waals surface area contributed by atoms with Crippen molar-refractivity contribution in [2.24, 2.45) is 7.05 Å². The summed E-state index contributed by atoms with van der Waals surface area (Å²) in [6.45, 7) is 0.601. The summed E-state index contributed by atoms with van der Waals surface area (Å²) in [6, 6.07) is 12.4. The number of likely N-dealkylation sites (tertiary alicyclic amines) is 1. The van der Waals surface area contributed by atoms with Crippen molar-refractivity contribution >= 4 is 17.5 Å². The first-order chi connectivity index (χ1) is 15.1. The van der Waals surface area contributed by atoms with Gasteiger partial charge in [0.05, 0.1) is 12.2 Å². The third-order valence-corrected chi connectivity index (χ3v) is 6.51. The number of aryl methyl sites for hydroxylation is 1. The minimum atomic E-state index is -0.856. The maximum absolute atomic E-state index is 13.7. The molecule has 2 atom stereocenters. The van der Waals surface area contributed by atoms with Crippen molar-refractivity contribution in [3.8, 4) is 11.5 Å². The van der Waals surface area contributed by atoms with Crippen molar-refractivity contribution in [1.82, 2.24) is 14.7 Å². The largest absolute Gasteiger partial charge is 0.454 e. The molecule has 1 aromatic heterocycles. The molecule has 0 unspecified atom stereocenters. The van der Waals surface area contributed by atoms with Gasteiger partial charge in [0, 0.05) is 36.6 Å². The lowest BCUT2D eigenvalue weighted by atomic mass is 9.73. The SMILES string of the molecule is Cn1cc([C@@H]2N(C(=O)c3ccc4c(c3)OCO4)CC[C@]23C(=O)Nc2ccccc23)cn1. The monoisotopic (exact) mass is 416 g/mol. The summed E-state index contributed by atoms with van der Waals surface area (Å²) < 4.78 is 12.5. The number of ether oxygens (including phenoxy) is 2. The minimum absolute atomic E-state index is 0.0801. The summed E-state index contributed by atoms with van der Waals surface area (Å²) in [4.78, 5) is 28.8. The van der Waals surface area contributed by atoms with Crippen LogP contribution in [0.25, 0.3) is 0 Å². The van der Waals surface area contributed by atoms with Crippen molar-refractivity contribution in [3.63, 3.8) is 0 Å². The first kappa shape index (κ1) is 18.0. The molecule has 1 spiro atoms. The van der Waals surface area contributed by atoms with E-state index < -0.39 is 11.5 Å². The van der Waals surface area contributed by atoms with E-state index in [9.17, 15) is 9.59 Å². The molecular formula is C23H20N4O4. The highest BCUT2D eigenvalue weighted by Crippen LogP contribution is 2.55. The van der Waals surface area contributed by atoms with Crippen LogP contribution in [-0.2, 0) is 17.3 Å². The maximum atomic E-state index is 13.7. The van der Waals surface area contributed by atoms with Crippen LogP contribution >= 0.6 is 0 Å². The second kappa shape index (κ2) is 6.34. The van der Waals surface area contributed by atoms with E-state index in [1.54, 1.807) is 34.0 Å². The fourth-order valence-electron chi connectivity index (χ4n) is 5.15. The Morgan fingerprint density at radius 1 is 1.19 bits per heavy atom. The molecule has 0 aliphatic carbocycles. The fraction of sp³-hybridized carbons (Fsp3) is 0.261. The van der Waals surface area contributed by atoms with Gasteiger partial charge in [-0.15, -0.1) is 0 Å². The van der Waals surface area contributed by atoms with Crippen molar-refractivity contribution in [2.45, 2.75) is 17.9 Å². The fourth-order valence-corrected chi connectivity index (χ4v) is 5.15. The van der Waals surface area contributed by atoms with E-state index in [-0.39, 0.29) is 18.6 Å².